The Bertz CT molecular complexity index is 1280. The molecule has 4 heterocycles. The number of anilines is 2. The fourth-order valence-corrected chi connectivity index (χ4v) is 4.32. The highest BCUT2D eigenvalue weighted by Gasteiger charge is 2.34. The standard InChI is InChI=1S/C23H20N6O2S/c1-14-19(22(30)26-18-7-3-4-12-24-18)20(15-8-10-16(31-2)11-9-15)29-23(25-14)27-21(28-29)17-6-5-13-32-17/h3-13,20H,1-2H3,(H,24,26,30)(H,25,27,28)/t20-/m0/s1. The van der Waals surface area contributed by atoms with Crippen molar-refractivity contribution < 1.29 is 9.53 Å². The summed E-state index contributed by atoms with van der Waals surface area (Å²) in [7, 11) is 1.62. The number of hydrogen-bond acceptors (Lipinski definition) is 7. The van der Waals surface area contributed by atoms with Crippen molar-refractivity contribution in [3.8, 4) is 16.5 Å². The van der Waals surface area contributed by atoms with Crippen LogP contribution in [0.5, 0.6) is 5.75 Å². The molecule has 160 valence electrons. The van der Waals surface area contributed by atoms with Crippen LogP contribution in [-0.4, -0.2) is 32.8 Å². The average Bonchev–Trinajstić information content (AvgIpc) is 3.49. The lowest BCUT2D eigenvalue weighted by Gasteiger charge is -2.28. The molecule has 1 atom stereocenters. The van der Waals surface area contributed by atoms with Gasteiger partial charge in [-0.2, -0.15) is 4.98 Å². The maximum absolute atomic E-state index is 13.4. The van der Waals surface area contributed by atoms with Crippen molar-refractivity contribution in [2.45, 2.75) is 13.0 Å². The lowest BCUT2D eigenvalue weighted by molar-refractivity contribution is -0.113. The van der Waals surface area contributed by atoms with E-state index in [1.54, 1.807) is 41.5 Å². The smallest absolute Gasteiger partial charge is 0.257 e. The van der Waals surface area contributed by atoms with E-state index < -0.39 is 6.04 Å². The number of benzene rings is 1. The van der Waals surface area contributed by atoms with Crippen LogP contribution in [-0.2, 0) is 4.79 Å². The number of ether oxygens (including phenoxy) is 1. The minimum atomic E-state index is -0.470. The Kier molecular flexibility index (Phi) is 5.16. The molecule has 0 aliphatic carbocycles. The Balaban J connectivity index is 1.60. The quantitative estimate of drug-likeness (QED) is 0.476. The van der Waals surface area contributed by atoms with E-state index >= 15 is 0 Å². The van der Waals surface area contributed by atoms with Crippen LogP contribution in [0.3, 0.4) is 0 Å². The molecule has 3 aromatic heterocycles. The minimum Gasteiger partial charge on any atom is -0.497 e. The van der Waals surface area contributed by atoms with Gasteiger partial charge in [-0.3, -0.25) is 4.79 Å². The van der Waals surface area contributed by atoms with Gasteiger partial charge in [0.2, 0.25) is 5.95 Å². The number of fused-ring (bicyclic) bond motifs is 1. The number of pyridine rings is 1. The highest BCUT2D eigenvalue weighted by atomic mass is 32.1. The van der Waals surface area contributed by atoms with Crippen molar-refractivity contribution in [2.75, 3.05) is 17.7 Å². The molecule has 32 heavy (non-hydrogen) atoms. The molecule has 2 N–H and O–H groups in total. The van der Waals surface area contributed by atoms with Gasteiger partial charge < -0.3 is 15.4 Å². The van der Waals surface area contributed by atoms with Crippen molar-refractivity contribution in [1.82, 2.24) is 19.7 Å². The van der Waals surface area contributed by atoms with Crippen LogP contribution in [0.1, 0.15) is 18.5 Å². The van der Waals surface area contributed by atoms with Crippen LogP contribution in [0.4, 0.5) is 11.8 Å². The first-order valence-electron chi connectivity index (χ1n) is 9.98. The van der Waals surface area contributed by atoms with E-state index in [2.05, 4.69) is 20.6 Å². The number of amides is 1. The van der Waals surface area contributed by atoms with E-state index in [1.807, 2.05) is 54.8 Å². The molecule has 5 rings (SSSR count). The summed E-state index contributed by atoms with van der Waals surface area (Å²) in [6.07, 6.45) is 1.64. The Morgan fingerprint density at radius 3 is 2.69 bits per heavy atom. The zero-order valence-corrected chi connectivity index (χ0v) is 18.3. The van der Waals surface area contributed by atoms with Gasteiger partial charge in [0.05, 0.1) is 17.6 Å². The van der Waals surface area contributed by atoms with Crippen molar-refractivity contribution in [2.24, 2.45) is 0 Å². The second kappa shape index (κ2) is 8.27. The number of thiophene rings is 1. The van der Waals surface area contributed by atoms with Crippen LogP contribution in [0, 0.1) is 0 Å². The molecular formula is C23H20N6O2S. The predicted molar refractivity (Wildman–Crippen MR) is 124 cm³/mol. The van der Waals surface area contributed by atoms with Gasteiger partial charge >= 0.3 is 0 Å². The molecular weight excluding hydrogens is 424 g/mol. The molecule has 0 bridgehead atoms. The molecule has 4 aromatic rings. The van der Waals surface area contributed by atoms with E-state index in [9.17, 15) is 4.79 Å². The Morgan fingerprint density at radius 1 is 1.16 bits per heavy atom. The molecule has 1 aliphatic heterocycles. The third kappa shape index (κ3) is 3.63. The molecule has 1 amide bonds. The first-order chi connectivity index (χ1) is 15.6. The number of hydrogen-bond donors (Lipinski definition) is 2. The van der Waals surface area contributed by atoms with Crippen LogP contribution in [0.15, 0.2) is 77.4 Å². The van der Waals surface area contributed by atoms with Gasteiger partial charge in [0, 0.05) is 11.9 Å². The number of nitrogens with zero attached hydrogens (tertiary/aromatic N) is 4. The van der Waals surface area contributed by atoms with Crippen LogP contribution < -0.4 is 15.4 Å². The molecule has 0 radical (unpaired) electrons. The summed E-state index contributed by atoms with van der Waals surface area (Å²) in [5, 5.41) is 12.9. The highest BCUT2D eigenvalue weighted by molar-refractivity contribution is 7.13. The first-order valence-corrected chi connectivity index (χ1v) is 10.9. The zero-order chi connectivity index (χ0) is 22.1. The van der Waals surface area contributed by atoms with E-state index in [4.69, 9.17) is 9.84 Å². The summed E-state index contributed by atoms with van der Waals surface area (Å²) in [5.41, 5.74) is 2.13. The normalized spacial score (nSPS) is 15.1. The third-order valence-electron chi connectivity index (χ3n) is 5.18. The largest absolute Gasteiger partial charge is 0.497 e. The van der Waals surface area contributed by atoms with Crippen molar-refractivity contribution in [3.05, 3.63) is 83.0 Å². The second-order valence-corrected chi connectivity index (χ2v) is 8.14. The van der Waals surface area contributed by atoms with E-state index in [1.165, 1.54) is 0 Å². The highest BCUT2D eigenvalue weighted by Crippen LogP contribution is 2.37. The number of carbonyl (C=O) groups excluding carboxylic acids is 1. The summed E-state index contributed by atoms with van der Waals surface area (Å²) >= 11 is 1.57. The zero-order valence-electron chi connectivity index (χ0n) is 17.4. The van der Waals surface area contributed by atoms with E-state index in [0.717, 1.165) is 16.2 Å². The SMILES string of the molecule is COc1ccc([C@H]2C(C(=O)Nc3ccccn3)=C(C)Nc3nc(-c4cccs4)nn32)cc1. The molecule has 0 saturated heterocycles. The number of rotatable bonds is 5. The van der Waals surface area contributed by atoms with E-state index in [0.29, 0.717) is 28.9 Å². The molecule has 0 unspecified atom stereocenters. The van der Waals surface area contributed by atoms with Gasteiger partial charge in [-0.05, 0) is 48.2 Å². The van der Waals surface area contributed by atoms with Gasteiger partial charge in [0.1, 0.15) is 17.6 Å². The van der Waals surface area contributed by atoms with Gasteiger partial charge in [0.15, 0.2) is 5.82 Å². The number of allylic oxidation sites excluding steroid dienone is 1. The van der Waals surface area contributed by atoms with Crippen LogP contribution in [0.25, 0.3) is 10.7 Å². The average molecular weight is 445 g/mol. The second-order valence-electron chi connectivity index (χ2n) is 7.19. The van der Waals surface area contributed by atoms with Crippen molar-refractivity contribution >= 4 is 29.0 Å². The lowest BCUT2D eigenvalue weighted by Crippen LogP contribution is -2.31. The molecule has 0 spiro atoms. The van der Waals surface area contributed by atoms with Gasteiger partial charge in [-0.1, -0.05) is 24.3 Å². The molecule has 1 aromatic carbocycles. The topological polar surface area (TPSA) is 94.0 Å². The monoisotopic (exact) mass is 444 g/mol. The van der Waals surface area contributed by atoms with Crippen molar-refractivity contribution in [3.63, 3.8) is 0 Å². The Hall–Kier alpha value is -3.98. The molecule has 0 saturated carbocycles. The summed E-state index contributed by atoms with van der Waals surface area (Å²) in [5.74, 6) is 2.16. The van der Waals surface area contributed by atoms with Crippen molar-refractivity contribution in [1.29, 1.82) is 0 Å². The lowest BCUT2D eigenvalue weighted by atomic mass is 9.95. The first kappa shape index (κ1) is 20.0. The fraction of sp³-hybridized carbons (Fsp3) is 0.130. The van der Waals surface area contributed by atoms with E-state index in [-0.39, 0.29) is 5.91 Å². The van der Waals surface area contributed by atoms with Crippen LogP contribution >= 0.6 is 11.3 Å². The molecule has 8 nitrogen and oxygen atoms in total. The third-order valence-corrected chi connectivity index (χ3v) is 6.04. The summed E-state index contributed by atoms with van der Waals surface area (Å²) < 4.78 is 7.07. The fourth-order valence-electron chi connectivity index (χ4n) is 3.67. The molecule has 0 fully saturated rings. The van der Waals surface area contributed by atoms with Crippen LogP contribution in [0.2, 0.25) is 0 Å². The predicted octanol–water partition coefficient (Wildman–Crippen LogP) is 4.34. The molecule has 1 aliphatic rings. The Morgan fingerprint density at radius 2 is 2.00 bits per heavy atom. The minimum absolute atomic E-state index is 0.256. The maximum Gasteiger partial charge on any atom is 0.257 e. The maximum atomic E-state index is 13.4. The molecule has 9 heteroatoms. The summed E-state index contributed by atoms with van der Waals surface area (Å²) in [6.45, 7) is 1.87. The van der Waals surface area contributed by atoms with Gasteiger partial charge in [-0.25, -0.2) is 9.67 Å². The number of nitrogens with one attached hydrogen (secondary N) is 2. The Labute approximate surface area is 188 Å². The number of carbonyl (C=O) groups is 1. The number of methoxy groups -OCH3 is 1. The summed E-state index contributed by atoms with van der Waals surface area (Å²) in [4.78, 5) is 23.3. The van der Waals surface area contributed by atoms with Gasteiger partial charge in [0.25, 0.3) is 5.91 Å². The van der Waals surface area contributed by atoms with Gasteiger partial charge in [-0.15, -0.1) is 16.4 Å². The summed E-state index contributed by atoms with van der Waals surface area (Å²) in [6, 6.07) is 16.5. The number of aromatic nitrogens is 4.